The van der Waals surface area contributed by atoms with Gasteiger partial charge in [0.05, 0.1) is 0 Å². The van der Waals surface area contributed by atoms with Crippen LogP contribution in [0, 0.1) is 6.92 Å². The first kappa shape index (κ1) is 11.0. The number of aromatic nitrogens is 1. The van der Waals surface area contributed by atoms with Gasteiger partial charge in [0.25, 0.3) is 0 Å². The number of alkyl halides is 3. The molecular formula is C11H11F3N2. The molecule has 2 nitrogen and oxygen atoms in total. The molecule has 1 heterocycles. The average molecular weight is 228 g/mol. The van der Waals surface area contributed by atoms with Gasteiger partial charge in [-0.2, -0.15) is 13.2 Å². The van der Waals surface area contributed by atoms with Crippen LogP contribution in [0.15, 0.2) is 24.3 Å². The number of hydrogen-bond acceptors (Lipinski definition) is 1. The molecule has 16 heavy (non-hydrogen) atoms. The molecule has 0 aliphatic heterocycles. The lowest BCUT2D eigenvalue weighted by atomic mass is 10.0. The fourth-order valence-corrected chi connectivity index (χ4v) is 1.86. The van der Waals surface area contributed by atoms with Crippen LogP contribution in [0.3, 0.4) is 0 Å². The topological polar surface area (TPSA) is 41.8 Å². The molecule has 2 rings (SSSR count). The second-order valence-corrected chi connectivity index (χ2v) is 3.73. The van der Waals surface area contributed by atoms with E-state index in [-0.39, 0.29) is 5.56 Å². The fourth-order valence-electron chi connectivity index (χ4n) is 1.86. The van der Waals surface area contributed by atoms with Crippen LogP contribution in [-0.4, -0.2) is 11.2 Å². The second-order valence-electron chi connectivity index (χ2n) is 3.73. The van der Waals surface area contributed by atoms with Crippen LogP contribution < -0.4 is 5.73 Å². The Balaban J connectivity index is 2.64. The molecule has 0 radical (unpaired) electrons. The number of rotatable bonds is 1. The molecule has 0 aliphatic rings. The lowest BCUT2D eigenvalue weighted by Crippen LogP contribution is -2.28. The summed E-state index contributed by atoms with van der Waals surface area (Å²) in [4.78, 5) is 2.90. The molecule has 2 aromatic rings. The second kappa shape index (κ2) is 3.52. The van der Waals surface area contributed by atoms with Gasteiger partial charge in [0.2, 0.25) is 0 Å². The van der Waals surface area contributed by atoms with E-state index in [1.165, 1.54) is 0 Å². The van der Waals surface area contributed by atoms with E-state index in [9.17, 15) is 13.2 Å². The summed E-state index contributed by atoms with van der Waals surface area (Å²) in [6.07, 6.45) is -4.42. The highest BCUT2D eigenvalue weighted by Gasteiger charge is 2.39. The van der Waals surface area contributed by atoms with E-state index >= 15 is 0 Å². The van der Waals surface area contributed by atoms with Gasteiger partial charge < -0.3 is 10.7 Å². The van der Waals surface area contributed by atoms with Gasteiger partial charge in [-0.25, -0.2) is 0 Å². The Morgan fingerprint density at radius 3 is 2.50 bits per heavy atom. The van der Waals surface area contributed by atoms with Crippen molar-refractivity contribution in [3.63, 3.8) is 0 Å². The molecule has 0 bridgehead atoms. The van der Waals surface area contributed by atoms with Crippen molar-refractivity contribution < 1.29 is 13.2 Å². The lowest BCUT2D eigenvalue weighted by molar-refractivity contribution is -0.149. The van der Waals surface area contributed by atoms with E-state index in [1.807, 2.05) is 0 Å². The molecule has 5 heteroatoms. The lowest BCUT2D eigenvalue weighted by Gasteiger charge is -2.16. The van der Waals surface area contributed by atoms with E-state index in [0.29, 0.717) is 16.6 Å². The average Bonchev–Trinajstić information content (AvgIpc) is 2.51. The summed E-state index contributed by atoms with van der Waals surface area (Å²) in [6, 6.07) is 4.89. The number of halogens is 3. The monoisotopic (exact) mass is 228 g/mol. The van der Waals surface area contributed by atoms with Gasteiger partial charge in [0.1, 0.15) is 6.04 Å². The smallest absolute Gasteiger partial charge is 0.358 e. The van der Waals surface area contributed by atoms with Crippen LogP contribution in [0.4, 0.5) is 13.2 Å². The number of aromatic amines is 1. The predicted octanol–water partition coefficient (Wildman–Crippen LogP) is 3.04. The highest BCUT2D eigenvalue weighted by atomic mass is 19.4. The SMILES string of the molecule is Cc1[nH]c2ccccc2c1C(N)C(F)(F)F. The number of para-hydroxylation sites is 1. The van der Waals surface area contributed by atoms with E-state index in [4.69, 9.17) is 5.73 Å². The minimum absolute atomic E-state index is 0.128. The largest absolute Gasteiger partial charge is 0.407 e. The number of nitrogens with one attached hydrogen (secondary N) is 1. The molecule has 0 amide bonds. The third-order valence-electron chi connectivity index (χ3n) is 2.61. The number of H-pyrrole nitrogens is 1. The molecule has 0 saturated carbocycles. The quantitative estimate of drug-likeness (QED) is 0.773. The van der Waals surface area contributed by atoms with Crippen LogP contribution in [0.25, 0.3) is 10.9 Å². The number of nitrogens with two attached hydrogens (primary N) is 1. The first-order valence-corrected chi connectivity index (χ1v) is 4.80. The first-order valence-electron chi connectivity index (χ1n) is 4.80. The van der Waals surface area contributed by atoms with E-state index in [0.717, 1.165) is 0 Å². The molecule has 3 N–H and O–H groups in total. The standard InChI is InChI=1S/C11H11F3N2/c1-6-9(10(15)11(12,13)14)7-4-2-3-5-8(7)16-6/h2-5,10,16H,15H2,1H3. The third-order valence-corrected chi connectivity index (χ3v) is 2.61. The third kappa shape index (κ3) is 1.67. The summed E-state index contributed by atoms with van der Waals surface area (Å²) >= 11 is 0. The van der Waals surface area contributed by atoms with E-state index < -0.39 is 12.2 Å². The van der Waals surface area contributed by atoms with Crippen molar-refractivity contribution in [1.29, 1.82) is 0 Å². The highest BCUT2D eigenvalue weighted by Crippen LogP contribution is 2.36. The molecule has 1 aromatic carbocycles. The molecule has 1 unspecified atom stereocenters. The maximum absolute atomic E-state index is 12.6. The molecule has 0 saturated heterocycles. The molecule has 1 atom stereocenters. The molecule has 1 aromatic heterocycles. The van der Waals surface area contributed by atoms with Crippen molar-refractivity contribution in [3.8, 4) is 0 Å². The predicted molar refractivity (Wildman–Crippen MR) is 56.0 cm³/mol. The zero-order chi connectivity index (χ0) is 11.9. The fraction of sp³-hybridized carbons (Fsp3) is 0.273. The number of benzene rings is 1. The summed E-state index contributed by atoms with van der Waals surface area (Å²) in [5, 5.41) is 0.532. The number of fused-ring (bicyclic) bond motifs is 1. The van der Waals surface area contributed by atoms with Gasteiger partial charge in [-0.3, -0.25) is 0 Å². The molecular weight excluding hydrogens is 217 g/mol. The molecule has 0 aliphatic carbocycles. The Morgan fingerprint density at radius 2 is 1.88 bits per heavy atom. The Hall–Kier alpha value is -1.49. The zero-order valence-electron chi connectivity index (χ0n) is 8.60. The van der Waals surface area contributed by atoms with E-state index in [1.54, 1.807) is 31.2 Å². The van der Waals surface area contributed by atoms with Crippen LogP contribution >= 0.6 is 0 Å². The van der Waals surface area contributed by atoms with Gasteiger partial charge in [0.15, 0.2) is 0 Å². The van der Waals surface area contributed by atoms with Gasteiger partial charge in [0, 0.05) is 22.2 Å². The summed E-state index contributed by atoms with van der Waals surface area (Å²) < 4.78 is 37.7. The van der Waals surface area contributed by atoms with Crippen LogP contribution in [0.1, 0.15) is 17.3 Å². The van der Waals surface area contributed by atoms with E-state index in [2.05, 4.69) is 4.98 Å². The van der Waals surface area contributed by atoms with Crippen molar-refractivity contribution in [3.05, 3.63) is 35.5 Å². The van der Waals surface area contributed by atoms with Crippen molar-refractivity contribution in [2.24, 2.45) is 5.73 Å². The molecule has 0 spiro atoms. The summed E-state index contributed by atoms with van der Waals surface area (Å²) in [7, 11) is 0. The van der Waals surface area contributed by atoms with Crippen LogP contribution in [0.5, 0.6) is 0 Å². The minimum Gasteiger partial charge on any atom is -0.358 e. The number of hydrogen-bond donors (Lipinski definition) is 2. The first-order chi connectivity index (χ1) is 7.41. The summed E-state index contributed by atoms with van der Waals surface area (Å²) in [5.74, 6) is 0. The normalized spacial score (nSPS) is 14.3. The maximum atomic E-state index is 12.6. The van der Waals surface area contributed by atoms with Gasteiger partial charge in [-0.15, -0.1) is 0 Å². The zero-order valence-corrected chi connectivity index (χ0v) is 8.60. The molecule has 86 valence electrons. The Labute approximate surface area is 90.3 Å². The van der Waals surface area contributed by atoms with Crippen LogP contribution in [-0.2, 0) is 0 Å². The highest BCUT2D eigenvalue weighted by molar-refractivity contribution is 5.85. The number of aryl methyl sites for hydroxylation is 1. The maximum Gasteiger partial charge on any atom is 0.407 e. The summed E-state index contributed by atoms with van der Waals surface area (Å²) in [5.41, 5.74) is 6.51. The van der Waals surface area contributed by atoms with Crippen molar-refractivity contribution in [2.75, 3.05) is 0 Å². The minimum atomic E-state index is -4.42. The summed E-state index contributed by atoms with van der Waals surface area (Å²) in [6.45, 7) is 1.60. The Bertz CT molecular complexity index is 513. The van der Waals surface area contributed by atoms with Gasteiger partial charge in [-0.05, 0) is 13.0 Å². The van der Waals surface area contributed by atoms with Crippen molar-refractivity contribution >= 4 is 10.9 Å². The van der Waals surface area contributed by atoms with Crippen molar-refractivity contribution in [1.82, 2.24) is 4.98 Å². The Kier molecular flexibility index (Phi) is 2.42. The van der Waals surface area contributed by atoms with Crippen LogP contribution in [0.2, 0.25) is 0 Å². The Morgan fingerprint density at radius 1 is 1.25 bits per heavy atom. The van der Waals surface area contributed by atoms with Gasteiger partial charge in [-0.1, -0.05) is 18.2 Å². The molecule has 0 fully saturated rings. The van der Waals surface area contributed by atoms with Crippen molar-refractivity contribution in [2.45, 2.75) is 19.1 Å². The van der Waals surface area contributed by atoms with Gasteiger partial charge >= 0.3 is 6.18 Å².